The van der Waals surface area contributed by atoms with Gasteiger partial charge in [0.2, 0.25) is 0 Å². The minimum absolute atomic E-state index is 0.243. The monoisotopic (exact) mass is 147 g/mol. The Hall–Kier alpha value is -1.62. The molecule has 0 aliphatic heterocycles. The van der Waals surface area contributed by atoms with Crippen LogP contribution >= 0.6 is 0 Å². The highest BCUT2D eigenvalue weighted by atomic mass is 16.3. The smallest absolute Gasteiger partial charge is 0.117 e. The molecule has 0 heterocycles. The van der Waals surface area contributed by atoms with E-state index in [-0.39, 0.29) is 5.75 Å². The molecule has 1 rings (SSSR count). The van der Waals surface area contributed by atoms with Crippen LogP contribution in [0.1, 0.15) is 0 Å². The van der Waals surface area contributed by atoms with Gasteiger partial charge in [-0.05, 0) is 12.1 Å². The van der Waals surface area contributed by atoms with Gasteiger partial charge in [0.25, 0.3) is 0 Å². The normalized spacial score (nSPS) is 8.64. The third kappa shape index (κ3) is 2.23. The summed E-state index contributed by atoms with van der Waals surface area (Å²) < 4.78 is 0. The van der Waals surface area contributed by atoms with E-state index in [1.165, 1.54) is 0 Å². The minimum atomic E-state index is 0.243. The van der Waals surface area contributed by atoms with E-state index in [1.807, 2.05) is 6.07 Å². The lowest BCUT2D eigenvalue weighted by atomic mass is 10.3. The highest BCUT2D eigenvalue weighted by molar-refractivity contribution is 5.48. The zero-order valence-corrected chi connectivity index (χ0v) is 6.04. The Morgan fingerprint density at radius 2 is 2.36 bits per heavy atom. The zero-order valence-electron chi connectivity index (χ0n) is 6.04. The number of rotatable bonds is 2. The summed E-state index contributed by atoms with van der Waals surface area (Å²) in [6, 6.07) is 6.84. The molecule has 2 heteroatoms. The van der Waals surface area contributed by atoms with Crippen LogP contribution in [0.5, 0.6) is 5.75 Å². The number of nitrogens with one attached hydrogen (secondary N) is 1. The fourth-order valence-electron chi connectivity index (χ4n) is 0.769. The van der Waals surface area contributed by atoms with Gasteiger partial charge in [0, 0.05) is 11.8 Å². The van der Waals surface area contributed by atoms with Gasteiger partial charge in [-0.1, -0.05) is 12.0 Å². The van der Waals surface area contributed by atoms with Gasteiger partial charge >= 0.3 is 0 Å². The van der Waals surface area contributed by atoms with Gasteiger partial charge in [0.05, 0.1) is 6.54 Å². The van der Waals surface area contributed by atoms with Gasteiger partial charge in [-0.3, -0.25) is 0 Å². The van der Waals surface area contributed by atoms with Crippen molar-refractivity contribution in [2.75, 3.05) is 11.9 Å². The molecule has 0 aromatic heterocycles. The first-order valence-corrected chi connectivity index (χ1v) is 3.29. The van der Waals surface area contributed by atoms with Gasteiger partial charge in [-0.15, -0.1) is 6.42 Å². The number of terminal acetylenes is 1. The number of benzene rings is 1. The molecule has 0 aliphatic carbocycles. The molecule has 0 radical (unpaired) electrons. The van der Waals surface area contributed by atoms with Gasteiger partial charge < -0.3 is 10.4 Å². The Morgan fingerprint density at radius 3 is 3.00 bits per heavy atom. The summed E-state index contributed by atoms with van der Waals surface area (Å²) in [5.74, 6) is 2.69. The fourth-order valence-corrected chi connectivity index (χ4v) is 0.769. The van der Waals surface area contributed by atoms with Crippen LogP contribution in [0.15, 0.2) is 24.3 Å². The van der Waals surface area contributed by atoms with Crippen LogP contribution in [0.4, 0.5) is 5.69 Å². The maximum atomic E-state index is 9.02. The van der Waals surface area contributed by atoms with Crippen LogP contribution in [0.25, 0.3) is 0 Å². The van der Waals surface area contributed by atoms with E-state index in [0.29, 0.717) is 6.54 Å². The molecule has 1 aromatic rings. The molecule has 1 aromatic carbocycles. The van der Waals surface area contributed by atoms with Crippen molar-refractivity contribution in [2.24, 2.45) is 0 Å². The third-order valence-corrected chi connectivity index (χ3v) is 1.24. The second-order valence-electron chi connectivity index (χ2n) is 2.11. The van der Waals surface area contributed by atoms with Crippen LogP contribution in [-0.2, 0) is 0 Å². The molecule has 56 valence electrons. The van der Waals surface area contributed by atoms with Crippen LogP contribution in [0.3, 0.4) is 0 Å². The molecule has 0 spiro atoms. The van der Waals surface area contributed by atoms with Crippen molar-refractivity contribution in [3.8, 4) is 18.1 Å². The lowest BCUT2D eigenvalue weighted by Gasteiger charge is -2.01. The first-order valence-electron chi connectivity index (χ1n) is 3.29. The molecule has 0 atom stereocenters. The van der Waals surface area contributed by atoms with Crippen molar-refractivity contribution in [1.82, 2.24) is 0 Å². The molecule has 0 amide bonds. The standard InChI is InChI=1S/C9H9NO/c1-2-6-10-8-4-3-5-9(11)7-8/h1,3-5,7,10-11H,6H2. The highest BCUT2D eigenvalue weighted by Gasteiger charge is 1.89. The first-order chi connectivity index (χ1) is 5.33. The molecule has 0 saturated heterocycles. The van der Waals surface area contributed by atoms with E-state index < -0.39 is 0 Å². The van der Waals surface area contributed by atoms with E-state index in [1.54, 1.807) is 18.2 Å². The summed E-state index contributed by atoms with van der Waals surface area (Å²) in [4.78, 5) is 0. The predicted molar refractivity (Wildman–Crippen MR) is 45.4 cm³/mol. The fraction of sp³-hybridized carbons (Fsp3) is 0.111. The Bertz CT molecular complexity index is 275. The minimum Gasteiger partial charge on any atom is -0.508 e. The summed E-state index contributed by atoms with van der Waals surface area (Å²) in [7, 11) is 0. The van der Waals surface area contributed by atoms with Crippen molar-refractivity contribution in [2.45, 2.75) is 0 Å². The molecule has 2 nitrogen and oxygen atoms in total. The summed E-state index contributed by atoms with van der Waals surface area (Å²) >= 11 is 0. The van der Waals surface area contributed by atoms with E-state index >= 15 is 0 Å². The number of anilines is 1. The molecule has 0 aliphatic rings. The van der Waals surface area contributed by atoms with E-state index in [4.69, 9.17) is 11.5 Å². The number of hydrogen-bond donors (Lipinski definition) is 2. The number of phenolic OH excluding ortho intramolecular Hbond substituents is 1. The van der Waals surface area contributed by atoms with E-state index in [9.17, 15) is 0 Å². The van der Waals surface area contributed by atoms with Crippen LogP contribution in [-0.4, -0.2) is 11.7 Å². The van der Waals surface area contributed by atoms with Crippen molar-refractivity contribution < 1.29 is 5.11 Å². The highest BCUT2D eigenvalue weighted by Crippen LogP contribution is 2.14. The number of hydrogen-bond acceptors (Lipinski definition) is 2. The van der Waals surface area contributed by atoms with E-state index in [2.05, 4.69) is 11.2 Å². The van der Waals surface area contributed by atoms with Crippen molar-refractivity contribution >= 4 is 5.69 Å². The molecular weight excluding hydrogens is 138 g/mol. The molecule has 11 heavy (non-hydrogen) atoms. The topological polar surface area (TPSA) is 32.3 Å². The van der Waals surface area contributed by atoms with Gasteiger partial charge in [0.1, 0.15) is 5.75 Å². The quantitative estimate of drug-likeness (QED) is 0.620. The summed E-state index contributed by atoms with van der Waals surface area (Å²) in [5.41, 5.74) is 0.836. The van der Waals surface area contributed by atoms with Crippen molar-refractivity contribution in [1.29, 1.82) is 0 Å². The average molecular weight is 147 g/mol. The second kappa shape index (κ2) is 3.52. The summed E-state index contributed by atoms with van der Waals surface area (Å²) in [6.45, 7) is 0.476. The van der Waals surface area contributed by atoms with E-state index in [0.717, 1.165) is 5.69 Å². The van der Waals surface area contributed by atoms with Crippen LogP contribution in [0.2, 0.25) is 0 Å². The molecule has 2 N–H and O–H groups in total. The largest absolute Gasteiger partial charge is 0.508 e. The first kappa shape index (κ1) is 7.49. The Morgan fingerprint density at radius 1 is 1.55 bits per heavy atom. The molecule has 0 bridgehead atoms. The van der Waals surface area contributed by atoms with Gasteiger partial charge in [0.15, 0.2) is 0 Å². The molecule has 0 saturated carbocycles. The molecule has 0 fully saturated rings. The Balaban J connectivity index is 2.65. The Labute approximate surface area is 65.9 Å². The van der Waals surface area contributed by atoms with Crippen molar-refractivity contribution in [3.63, 3.8) is 0 Å². The summed E-state index contributed by atoms with van der Waals surface area (Å²) in [5, 5.41) is 12.0. The van der Waals surface area contributed by atoms with Crippen LogP contribution in [0, 0.1) is 12.3 Å². The Kier molecular flexibility index (Phi) is 2.40. The maximum Gasteiger partial charge on any atom is 0.117 e. The number of phenols is 1. The van der Waals surface area contributed by atoms with Crippen molar-refractivity contribution in [3.05, 3.63) is 24.3 Å². The molecular formula is C9H9NO. The lowest BCUT2D eigenvalue weighted by Crippen LogP contribution is -1.97. The maximum absolute atomic E-state index is 9.02. The number of aromatic hydroxyl groups is 1. The molecule has 0 unspecified atom stereocenters. The zero-order chi connectivity index (χ0) is 8.10. The second-order valence-corrected chi connectivity index (χ2v) is 2.11. The average Bonchev–Trinajstić information content (AvgIpc) is 2.01. The van der Waals surface area contributed by atoms with Gasteiger partial charge in [-0.25, -0.2) is 0 Å². The predicted octanol–water partition coefficient (Wildman–Crippen LogP) is 1.44. The van der Waals surface area contributed by atoms with Gasteiger partial charge in [-0.2, -0.15) is 0 Å². The SMILES string of the molecule is C#CCNc1cccc(O)c1. The summed E-state index contributed by atoms with van der Waals surface area (Å²) in [6.07, 6.45) is 5.04. The third-order valence-electron chi connectivity index (χ3n) is 1.24. The van der Waals surface area contributed by atoms with Crippen LogP contribution < -0.4 is 5.32 Å². The lowest BCUT2D eigenvalue weighted by molar-refractivity contribution is 0.475.